The van der Waals surface area contributed by atoms with Crippen LogP contribution in [-0.2, 0) is 16.4 Å². The SMILES string of the molecule is Cc1oc(C(=O)NCCc2ccc(F)cc2)cc1S(=O)(=O)N1CCCC1. The van der Waals surface area contributed by atoms with E-state index < -0.39 is 15.9 Å². The molecule has 6 nitrogen and oxygen atoms in total. The fourth-order valence-corrected chi connectivity index (χ4v) is 4.64. The summed E-state index contributed by atoms with van der Waals surface area (Å²) in [6.45, 7) is 2.86. The van der Waals surface area contributed by atoms with Gasteiger partial charge in [0.2, 0.25) is 10.0 Å². The van der Waals surface area contributed by atoms with Crippen molar-refractivity contribution in [3.05, 3.63) is 53.2 Å². The number of rotatable bonds is 6. The van der Waals surface area contributed by atoms with E-state index in [9.17, 15) is 17.6 Å². The van der Waals surface area contributed by atoms with E-state index in [0.29, 0.717) is 26.1 Å². The van der Waals surface area contributed by atoms with Crippen LogP contribution in [0.3, 0.4) is 0 Å². The molecule has 2 heterocycles. The van der Waals surface area contributed by atoms with Gasteiger partial charge in [0, 0.05) is 25.7 Å². The Labute approximate surface area is 152 Å². The zero-order valence-corrected chi connectivity index (χ0v) is 15.3. The summed E-state index contributed by atoms with van der Waals surface area (Å²) in [7, 11) is -3.63. The maximum Gasteiger partial charge on any atom is 0.287 e. The Kier molecular flexibility index (Phi) is 5.43. The van der Waals surface area contributed by atoms with Crippen molar-refractivity contribution in [1.29, 1.82) is 0 Å². The van der Waals surface area contributed by atoms with Gasteiger partial charge in [-0.05, 0) is 43.9 Å². The van der Waals surface area contributed by atoms with Crippen LogP contribution in [0.4, 0.5) is 4.39 Å². The molecular weight excluding hydrogens is 359 g/mol. The second-order valence-corrected chi connectivity index (χ2v) is 8.18. The van der Waals surface area contributed by atoms with Crippen molar-refractivity contribution in [1.82, 2.24) is 9.62 Å². The number of carbonyl (C=O) groups excluding carboxylic acids is 1. The summed E-state index contributed by atoms with van der Waals surface area (Å²) in [6, 6.07) is 7.32. The molecule has 0 unspecified atom stereocenters. The first kappa shape index (κ1) is 18.6. The van der Waals surface area contributed by atoms with Crippen LogP contribution >= 0.6 is 0 Å². The van der Waals surface area contributed by atoms with Crippen LogP contribution in [0, 0.1) is 12.7 Å². The molecule has 0 saturated carbocycles. The minimum atomic E-state index is -3.63. The number of nitrogens with one attached hydrogen (secondary N) is 1. The van der Waals surface area contributed by atoms with Crippen LogP contribution in [0.1, 0.15) is 34.7 Å². The molecule has 1 fully saturated rings. The third kappa shape index (κ3) is 3.96. The summed E-state index contributed by atoms with van der Waals surface area (Å²) < 4.78 is 44.9. The molecule has 2 aromatic rings. The van der Waals surface area contributed by atoms with Crippen molar-refractivity contribution < 1.29 is 22.0 Å². The lowest BCUT2D eigenvalue weighted by molar-refractivity contribution is 0.0925. The Morgan fingerprint density at radius 1 is 1.23 bits per heavy atom. The summed E-state index contributed by atoms with van der Waals surface area (Å²) in [6.07, 6.45) is 2.21. The van der Waals surface area contributed by atoms with Crippen molar-refractivity contribution in [3.8, 4) is 0 Å². The maximum atomic E-state index is 12.9. The van der Waals surface area contributed by atoms with Crippen molar-refractivity contribution in [2.24, 2.45) is 0 Å². The van der Waals surface area contributed by atoms with E-state index in [1.807, 2.05) is 0 Å². The highest BCUT2D eigenvalue weighted by Gasteiger charge is 2.31. The number of nitrogens with zero attached hydrogens (tertiary/aromatic N) is 1. The molecule has 1 saturated heterocycles. The highest BCUT2D eigenvalue weighted by atomic mass is 32.2. The van der Waals surface area contributed by atoms with Gasteiger partial charge in [-0.2, -0.15) is 4.31 Å². The third-order valence-electron chi connectivity index (χ3n) is 4.39. The molecule has 0 atom stereocenters. The lowest BCUT2D eigenvalue weighted by Crippen LogP contribution is -2.28. The number of halogens is 1. The molecule has 0 aliphatic carbocycles. The number of sulfonamides is 1. The predicted octanol–water partition coefficient (Wildman–Crippen LogP) is 2.48. The minimum Gasteiger partial charge on any atom is -0.455 e. The number of hydrogen-bond donors (Lipinski definition) is 1. The van der Waals surface area contributed by atoms with Gasteiger partial charge >= 0.3 is 0 Å². The fourth-order valence-electron chi connectivity index (χ4n) is 2.96. The molecule has 1 aromatic carbocycles. The van der Waals surface area contributed by atoms with Crippen LogP contribution < -0.4 is 5.32 Å². The lowest BCUT2D eigenvalue weighted by Gasteiger charge is -2.14. The topological polar surface area (TPSA) is 79.6 Å². The highest BCUT2D eigenvalue weighted by Crippen LogP contribution is 2.26. The largest absolute Gasteiger partial charge is 0.455 e. The minimum absolute atomic E-state index is 0.0284. The normalized spacial score (nSPS) is 15.3. The van der Waals surface area contributed by atoms with Crippen LogP contribution in [0.15, 0.2) is 39.6 Å². The fraction of sp³-hybridized carbons (Fsp3) is 0.389. The number of amides is 1. The van der Waals surface area contributed by atoms with E-state index in [1.54, 1.807) is 12.1 Å². The Bertz CT molecular complexity index is 884. The van der Waals surface area contributed by atoms with Gasteiger partial charge in [0.05, 0.1) is 0 Å². The molecule has 3 rings (SSSR count). The van der Waals surface area contributed by atoms with Crippen molar-refractivity contribution in [2.45, 2.75) is 31.1 Å². The van der Waals surface area contributed by atoms with Crippen molar-refractivity contribution >= 4 is 15.9 Å². The second-order valence-electron chi connectivity index (χ2n) is 6.27. The van der Waals surface area contributed by atoms with Crippen LogP contribution in [0.25, 0.3) is 0 Å². The average Bonchev–Trinajstić information content (AvgIpc) is 3.27. The molecule has 8 heteroatoms. The number of furan rings is 1. The molecule has 1 aliphatic rings. The lowest BCUT2D eigenvalue weighted by atomic mass is 10.1. The first-order valence-electron chi connectivity index (χ1n) is 8.51. The van der Waals surface area contributed by atoms with E-state index in [0.717, 1.165) is 18.4 Å². The van der Waals surface area contributed by atoms with Crippen LogP contribution in [-0.4, -0.2) is 38.3 Å². The quantitative estimate of drug-likeness (QED) is 0.835. The van der Waals surface area contributed by atoms with Crippen LogP contribution in [0.5, 0.6) is 0 Å². The zero-order valence-electron chi connectivity index (χ0n) is 14.5. The van der Waals surface area contributed by atoms with Crippen LogP contribution in [0.2, 0.25) is 0 Å². The molecule has 0 spiro atoms. The summed E-state index contributed by atoms with van der Waals surface area (Å²) in [4.78, 5) is 12.3. The zero-order chi connectivity index (χ0) is 18.7. The number of hydrogen-bond acceptors (Lipinski definition) is 4. The molecule has 1 amide bonds. The Hall–Kier alpha value is -2.19. The summed E-state index contributed by atoms with van der Waals surface area (Å²) in [5.74, 6) is -0.603. The molecule has 1 aromatic heterocycles. The van der Waals surface area contributed by atoms with E-state index in [-0.39, 0.29) is 22.2 Å². The van der Waals surface area contributed by atoms with E-state index in [2.05, 4.69) is 5.32 Å². The molecule has 1 aliphatic heterocycles. The van der Waals surface area contributed by atoms with Gasteiger partial charge in [0.15, 0.2) is 5.76 Å². The molecule has 0 radical (unpaired) electrons. The predicted molar refractivity (Wildman–Crippen MR) is 93.9 cm³/mol. The Morgan fingerprint density at radius 3 is 2.54 bits per heavy atom. The number of benzene rings is 1. The van der Waals surface area contributed by atoms with Gasteiger partial charge in [-0.1, -0.05) is 12.1 Å². The number of aryl methyl sites for hydroxylation is 1. The van der Waals surface area contributed by atoms with Gasteiger partial charge in [-0.15, -0.1) is 0 Å². The van der Waals surface area contributed by atoms with Gasteiger partial charge in [-0.25, -0.2) is 12.8 Å². The van der Waals surface area contributed by atoms with Gasteiger partial charge in [0.1, 0.15) is 16.5 Å². The second kappa shape index (κ2) is 7.59. The Morgan fingerprint density at radius 2 is 1.88 bits per heavy atom. The van der Waals surface area contributed by atoms with E-state index in [1.165, 1.54) is 29.4 Å². The molecule has 140 valence electrons. The van der Waals surface area contributed by atoms with Crippen molar-refractivity contribution in [2.75, 3.05) is 19.6 Å². The first-order chi connectivity index (χ1) is 12.4. The Balaban J connectivity index is 1.64. The highest BCUT2D eigenvalue weighted by molar-refractivity contribution is 7.89. The number of carbonyl (C=O) groups is 1. The maximum absolute atomic E-state index is 12.9. The smallest absolute Gasteiger partial charge is 0.287 e. The molecular formula is C18H21FN2O4S. The van der Waals surface area contributed by atoms with Gasteiger partial charge in [-0.3, -0.25) is 4.79 Å². The van der Waals surface area contributed by atoms with Crippen molar-refractivity contribution in [3.63, 3.8) is 0 Å². The first-order valence-corrected chi connectivity index (χ1v) is 9.95. The summed E-state index contributed by atoms with van der Waals surface area (Å²) in [5.41, 5.74) is 0.889. The van der Waals surface area contributed by atoms with E-state index in [4.69, 9.17) is 4.42 Å². The third-order valence-corrected chi connectivity index (χ3v) is 6.40. The van der Waals surface area contributed by atoms with Gasteiger partial charge < -0.3 is 9.73 Å². The molecule has 1 N–H and O–H groups in total. The summed E-state index contributed by atoms with van der Waals surface area (Å²) in [5, 5.41) is 2.69. The average molecular weight is 380 g/mol. The summed E-state index contributed by atoms with van der Waals surface area (Å²) >= 11 is 0. The monoisotopic (exact) mass is 380 g/mol. The standard InChI is InChI=1S/C18H21FN2O4S/c1-13-17(26(23,24)21-10-2-3-11-21)12-16(25-13)18(22)20-9-8-14-4-6-15(19)7-5-14/h4-7,12H,2-3,8-11H2,1H3,(H,20,22). The van der Waals surface area contributed by atoms with E-state index >= 15 is 0 Å². The molecule has 26 heavy (non-hydrogen) atoms. The molecule has 0 bridgehead atoms. The van der Waals surface area contributed by atoms with Gasteiger partial charge in [0.25, 0.3) is 5.91 Å².